The Balaban J connectivity index is 1.91. The molecular formula is C15H22N4O. The minimum absolute atomic E-state index is 0.295. The number of nitrogens with zero attached hydrogens (tertiary/aromatic N) is 2. The lowest BCUT2D eigenvalue weighted by Gasteiger charge is -2.14. The highest BCUT2D eigenvalue weighted by molar-refractivity contribution is 5.45. The van der Waals surface area contributed by atoms with Gasteiger partial charge in [-0.15, -0.1) is 0 Å². The predicted octanol–water partition coefficient (Wildman–Crippen LogP) is 3.04. The third kappa shape index (κ3) is 4.26. The third-order valence-electron chi connectivity index (χ3n) is 3.06. The number of aromatic nitrogens is 2. The molecule has 3 N–H and O–H groups in total. The van der Waals surface area contributed by atoms with Crippen molar-refractivity contribution in [3.05, 3.63) is 36.0 Å². The molecule has 0 aromatic carbocycles. The monoisotopic (exact) mass is 274 g/mol. The van der Waals surface area contributed by atoms with Gasteiger partial charge in [0, 0.05) is 24.9 Å². The minimum atomic E-state index is 0.295. The van der Waals surface area contributed by atoms with E-state index < -0.39 is 0 Å². The minimum Gasteiger partial charge on any atom is -0.469 e. The lowest BCUT2D eigenvalue weighted by molar-refractivity contribution is 0.495. The van der Waals surface area contributed by atoms with E-state index in [0.717, 1.165) is 43.1 Å². The van der Waals surface area contributed by atoms with Crippen LogP contribution in [0.2, 0.25) is 0 Å². The maximum atomic E-state index is 5.81. The van der Waals surface area contributed by atoms with E-state index in [2.05, 4.69) is 29.1 Å². The van der Waals surface area contributed by atoms with Crippen LogP contribution in [0.1, 0.15) is 38.3 Å². The maximum absolute atomic E-state index is 5.81. The molecule has 2 heterocycles. The van der Waals surface area contributed by atoms with Crippen molar-refractivity contribution in [1.82, 2.24) is 9.97 Å². The van der Waals surface area contributed by atoms with Crippen LogP contribution in [0.4, 0.5) is 11.6 Å². The first-order valence-electron chi connectivity index (χ1n) is 7.09. The number of nitrogens with one attached hydrogen (secondary N) is 1. The van der Waals surface area contributed by atoms with E-state index >= 15 is 0 Å². The summed E-state index contributed by atoms with van der Waals surface area (Å²) in [5.41, 5.74) is 5.81. The van der Waals surface area contributed by atoms with Crippen LogP contribution in [0.15, 0.2) is 28.9 Å². The van der Waals surface area contributed by atoms with Gasteiger partial charge >= 0.3 is 0 Å². The van der Waals surface area contributed by atoms with Crippen LogP contribution in [0, 0.1) is 0 Å². The van der Waals surface area contributed by atoms with Gasteiger partial charge in [-0.25, -0.2) is 9.97 Å². The van der Waals surface area contributed by atoms with Gasteiger partial charge in [0.15, 0.2) is 0 Å². The first-order valence-corrected chi connectivity index (χ1v) is 7.09. The van der Waals surface area contributed by atoms with Crippen molar-refractivity contribution in [2.24, 2.45) is 0 Å². The summed E-state index contributed by atoms with van der Waals surface area (Å²) in [6.45, 7) is 4.23. The van der Waals surface area contributed by atoms with E-state index in [1.807, 2.05) is 12.1 Å². The Bertz CT molecular complexity index is 525. The lowest BCUT2D eigenvalue weighted by atomic mass is 10.1. The fourth-order valence-corrected chi connectivity index (χ4v) is 2.07. The molecular weight excluding hydrogens is 252 g/mol. The highest BCUT2D eigenvalue weighted by Crippen LogP contribution is 2.13. The third-order valence-corrected chi connectivity index (χ3v) is 3.06. The molecule has 5 heteroatoms. The van der Waals surface area contributed by atoms with Crippen LogP contribution in [-0.4, -0.2) is 16.0 Å². The Morgan fingerprint density at radius 2 is 2.20 bits per heavy atom. The van der Waals surface area contributed by atoms with Gasteiger partial charge in [-0.3, -0.25) is 0 Å². The van der Waals surface area contributed by atoms with Gasteiger partial charge in [0.2, 0.25) is 0 Å². The smallest absolute Gasteiger partial charge is 0.133 e. The van der Waals surface area contributed by atoms with Crippen molar-refractivity contribution >= 4 is 11.6 Å². The van der Waals surface area contributed by atoms with Crippen molar-refractivity contribution in [1.29, 1.82) is 0 Å². The standard InChI is InChI=1S/C15H22N4O/c1-3-5-14-18-13(16)10-15(19-14)17-11(2)7-8-12-6-4-9-20-12/h4,6,9-11H,3,5,7-8H2,1-2H3,(H3,16,17,18,19). The summed E-state index contributed by atoms with van der Waals surface area (Å²) in [5, 5.41) is 3.37. The van der Waals surface area contributed by atoms with Gasteiger partial charge in [-0.2, -0.15) is 0 Å². The highest BCUT2D eigenvalue weighted by Gasteiger charge is 2.07. The summed E-state index contributed by atoms with van der Waals surface area (Å²) in [6.07, 6.45) is 5.44. The summed E-state index contributed by atoms with van der Waals surface area (Å²) >= 11 is 0. The molecule has 1 atom stereocenters. The van der Waals surface area contributed by atoms with E-state index in [-0.39, 0.29) is 0 Å². The Morgan fingerprint density at radius 1 is 1.35 bits per heavy atom. The van der Waals surface area contributed by atoms with Crippen molar-refractivity contribution in [3.63, 3.8) is 0 Å². The normalized spacial score (nSPS) is 12.3. The Hall–Kier alpha value is -2.04. The molecule has 0 aliphatic heterocycles. The largest absolute Gasteiger partial charge is 0.469 e. The van der Waals surface area contributed by atoms with Crippen LogP contribution in [0.25, 0.3) is 0 Å². The summed E-state index contributed by atoms with van der Waals surface area (Å²) < 4.78 is 5.33. The maximum Gasteiger partial charge on any atom is 0.133 e. The second-order valence-corrected chi connectivity index (χ2v) is 5.01. The molecule has 2 rings (SSSR count). The molecule has 2 aromatic heterocycles. The first kappa shape index (κ1) is 14.4. The van der Waals surface area contributed by atoms with E-state index in [1.165, 1.54) is 0 Å². The fourth-order valence-electron chi connectivity index (χ4n) is 2.07. The molecule has 2 aromatic rings. The predicted molar refractivity (Wildman–Crippen MR) is 80.6 cm³/mol. The topological polar surface area (TPSA) is 77.0 Å². The molecule has 0 radical (unpaired) electrons. The van der Waals surface area contributed by atoms with Crippen LogP contribution < -0.4 is 11.1 Å². The number of nitrogens with two attached hydrogens (primary N) is 1. The fraction of sp³-hybridized carbons (Fsp3) is 0.467. The molecule has 0 saturated heterocycles. The summed E-state index contributed by atoms with van der Waals surface area (Å²) in [7, 11) is 0. The van der Waals surface area contributed by atoms with Crippen LogP contribution >= 0.6 is 0 Å². The van der Waals surface area contributed by atoms with E-state index in [1.54, 1.807) is 12.3 Å². The molecule has 108 valence electrons. The van der Waals surface area contributed by atoms with Crippen LogP contribution in [0.5, 0.6) is 0 Å². The molecule has 5 nitrogen and oxygen atoms in total. The molecule has 0 saturated carbocycles. The molecule has 0 spiro atoms. The number of anilines is 2. The van der Waals surface area contributed by atoms with Crippen molar-refractivity contribution in [2.45, 2.75) is 45.6 Å². The second-order valence-electron chi connectivity index (χ2n) is 5.01. The average Bonchev–Trinajstić information content (AvgIpc) is 2.89. The van der Waals surface area contributed by atoms with E-state index in [9.17, 15) is 0 Å². The molecule has 0 aliphatic rings. The first-order chi connectivity index (χ1) is 9.67. The molecule has 0 amide bonds. The van der Waals surface area contributed by atoms with Gasteiger partial charge in [0.1, 0.15) is 23.2 Å². The quantitative estimate of drug-likeness (QED) is 0.811. The molecule has 1 unspecified atom stereocenters. The molecule has 0 fully saturated rings. The Morgan fingerprint density at radius 3 is 2.90 bits per heavy atom. The second kappa shape index (κ2) is 6.93. The zero-order valence-electron chi connectivity index (χ0n) is 12.1. The van der Waals surface area contributed by atoms with Gasteiger partial charge in [-0.05, 0) is 31.9 Å². The molecule has 20 heavy (non-hydrogen) atoms. The Kier molecular flexibility index (Phi) is 4.98. The van der Waals surface area contributed by atoms with Crippen LogP contribution in [-0.2, 0) is 12.8 Å². The number of hydrogen-bond donors (Lipinski definition) is 2. The lowest BCUT2D eigenvalue weighted by Crippen LogP contribution is -2.18. The van der Waals surface area contributed by atoms with E-state index in [0.29, 0.717) is 11.9 Å². The van der Waals surface area contributed by atoms with Crippen LogP contribution in [0.3, 0.4) is 0 Å². The van der Waals surface area contributed by atoms with Crippen molar-refractivity contribution in [2.75, 3.05) is 11.1 Å². The van der Waals surface area contributed by atoms with Gasteiger partial charge in [0.05, 0.1) is 6.26 Å². The zero-order chi connectivity index (χ0) is 14.4. The average molecular weight is 274 g/mol. The molecule has 0 aliphatic carbocycles. The summed E-state index contributed by atoms with van der Waals surface area (Å²) in [6, 6.07) is 5.98. The summed E-state index contributed by atoms with van der Waals surface area (Å²) in [5.74, 6) is 3.12. The highest BCUT2D eigenvalue weighted by atomic mass is 16.3. The summed E-state index contributed by atoms with van der Waals surface area (Å²) in [4.78, 5) is 8.71. The number of hydrogen-bond acceptors (Lipinski definition) is 5. The van der Waals surface area contributed by atoms with Crippen molar-refractivity contribution in [3.8, 4) is 0 Å². The van der Waals surface area contributed by atoms with E-state index in [4.69, 9.17) is 10.2 Å². The number of furan rings is 1. The van der Waals surface area contributed by atoms with Crippen molar-refractivity contribution < 1.29 is 4.42 Å². The van der Waals surface area contributed by atoms with Gasteiger partial charge < -0.3 is 15.5 Å². The van der Waals surface area contributed by atoms with Gasteiger partial charge in [-0.1, -0.05) is 6.92 Å². The van der Waals surface area contributed by atoms with Gasteiger partial charge in [0.25, 0.3) is 0 Å². The number of aryl methyl sites for hydroxylation is 2. The SMILES string of the molecule is CCCc1nc(N)cc(NC(C)CCc2ccco2)n1. The molecule has 0 bridgehead atoms. The Labute approximate surface area is 119 Å². The number of nitrogen functional groups attached to an aromatic ring is 1. The zero-order valence-corrected chi connectivity index (χ0v) is 12.1. The number of rotatable bonds is 7.